The molecule has 0 unspecified atom stereocenters. The number of rotatable bonds is 0. The number of aromatic nitrogens is 1. The van der Waals surface area contributed by atoms with E-state index < -0.39 is 0 Å². The Balaban J connectivity index is 3.00. The highest BCUT2D eigenvalue weighted by Gasteiger charge is 2.07. The molecule has 0 N–H and O–H groups in total. The van der Waals surface area contributed by atoms with Gasteiger partial charge in [-0.15, -0.1) is 0 Å². The number of nitrogens with zero attached hydrogens (tertiary/aromatic N) is 1. The summed E-state index contributed by atoms with van der Waals surface area (Å²) >= 11 is 6.69. The summed E-state index contributed by atoms with van der Waals surface area (Å²) in [5.74, 6) is -0.306. The summed E-state index contributed by atoms with van der Waals surface area (Å²) in [6, 6.07) is 4.85. The van der Waals surface area contributed by atoms with Gasteiger partial charge < -0.3 is 0 Å². The molecule has 1 aromatic carbocycles. The molecule has 0 radical (unpaired) electrons. The highest BCUT2D eigenvalue weighted by atomic mass is 79.9. The van der Waals surface area contributed by atoms with Gasteiger partial charge in [-0.1, -0.05) is 15.9 Å². The fraction of sp³-hybridized carbons (Fsp3) is 0. The molecule has 1 heterocycles. The molecule has 1 nitrogen and oxygen atoms in total. The summed E-state index contributed by atoms with van der Waals surface area (Å²) in [7, 11) is 0. The second kappa shape index (κ2) is 3.35. The Morgan fingerprint density at radius 3 is 2.46 bits per heavy atom. The first kappa shape index (κ1) is 9.09. The van der Waals surface area contributed by atoms with Gasteiger partial charge in [0.1, 0.15) is 11.3 Å². The first-order valence-electron chi connectivity index (χ1n) is 3.58. The van der Waals surface area contributed by atoms with Gasteiger partial charge in [-0.2, -0.15) is 0 Å². The van der Waals surface area contributed by atoms with Crippen molar-refractivity contribution in [3.8, 4) is 0 Å². The van der Waals surface area contributed by atoms with E-state index in [0.717, 1.165) is 14.3 Å². The lowest BCUT2D eigenvalue weighted by atomic mass is 10.2. The zero-order valence-electron chi connectivity index (χ0n) is 6.39. The Morgan fingerprint density at radius 2 is 1.77 bits per heavy atom. The number of hydrogen-bond acceptors (Lipinski definition) is 1. The maximum absolute atomic E-state index is 13.2. The van der Waals surface area contributed by atoms with Crippen LogP contribution in [-0.4, -0.2) is 4.98 Å². The van der Waals surface area contributed by atoms with Gasteiger partial charge >= 0.3 is 0 Å². The normalized spacial score (nSPS) is 10.7. The van der Waals surface area contributed by atoms with E-state index in [1.807, 2.05) is 0 Å². The molecule has 0 aliphatic rings. The van der Waals surface area contributed by atoms with Crippen molar-refractivity contribution in [1.82, 2.24) is 4.98 Å². The number of benzene rings is 1. The second-order valence-corrected chi connectivity index (χ2v) is 4.25. The number of fused-ring (bicyclic) bond motifs is 1. The fourth-order valence-corrected chi connectivity index (χ4v) is 2.47. The number of halogens is 3. The van der Waals surface area contributed by atoms with E-state index >= 15 is 0 Å². The zero-order valence-corrected chi connectivity index (χ0v) is 9.56. The van der Waals surface area contributed by atoms with Crippen molar-refractivity contribution in [2.24, 2.45) is 0 Å². The standard InChI is InChI=1S/C9H4Br2FN/c10-5-1-2-7(12)9-8(5)6(11)3-4-13-9/h1-4H. The largest absolute Gasteiger partial charge is 0.253 e. The van der Waals surface area contributed by atoms with E-state index in [1.165, 1.54) is 6.07 Å². The topological polar surface area (TPSA) is 12.9 Å². The maximum Gasteiger partial charge on any atom is 0.149 e. The van der Waals surface area contributed by atoms with Crippen LogP contribution in [0.15, 0.2) is 33.3 Å². The average Bonchev–Trinajstić information content (AvgIpc) is 2.12. The Kier molecular flexibility index (Phi) is 2.34. The van der Waals surface area contributed by atoms with E-state index in [-0.39, 0.29) is 5.82 Å². The number of hydrogen-bond donors (Lipinski definition) is 0. The van der Waals surface area contributed by atoms with Crippen LogP contribution in [0.4, 0.5) is 4.39 Å². The molecule has 4 heteroatoms. The van der Waals surface area contributed by atoms with Crippen molar-refractivity contribution in [3.63, 3.8) is 0 Å². The van der Waals surface area contributed by atoms with Gasteiger partial charge in [-0.3, -0.25) is 4.98 Å². The van der Waals surface area contributed by atoms with E-state index in [4.69, 9.17) is 0 Å². The van der Waals surface area contributed by atoms with E-state index in [2.05, 4.69) is 36.8 Å². The monoisotopic (exact) mass is 303 g/mol. The summed E-state index contributed by atoms with van der Waals surface area (Å²) in [4.78, 5) is 3.97. The summed E-state index contributed by atoms with van der Waals surface area (Å²) in [5, 5.41) is 0.766. The third-order valence-corrected chi connectivity index (χ3v) is 3.06. The second-order valence-electron chi connectivity index (χ2n) is 2.55. The lowest BCUT2D eigenvalue weighted by Gasteiger charge is -2.02. The Hall–Kier alpha value is -0.480. The zero-order chi connectivity index (χ0) is 9.42. The van der Waals surface area contributed by atoms with Gasteiger partial charge in [0.25, 0.3) is 0 Å². The predicted octanol–water partition coefficient (Wildman–Crippen LogP) is 3.90. The van der Waals surface area contributed by atoms with E-state index in [9.17, 15) is 4.39 Å². The molecule has 13 heavy (non-hydrogen) atoms. The van der Waals surface area contributed by atoms with Gasteiger partial charge in [0, 0.05) is 20.5 Å². The molecule has 0 amide bonds. The van der Waals surface area contributed by atoms with E-state index in [1.54, 1.807) is 18.3 Å². The van der Waals surface area contributed by atoms with Crippen LogP contribution in [0, 0.1) is 5.82 Å². The lowest BCUT2D eigenvalue weighted by Crippen LogP contribution is -1.85. The summed E-state index contributed by atoms with van der Waals surface area (Å²) < 4.78 is 14.9. The Morgan fingerprint density at radius 1 is 1.08 bits per heavy atom. The first-order chi connectivity index (χ1) is 6.20. The highest BCUT2D eigenvalue weighted by molar-refractivity contribution is 9.11. The van der Waals surface area contributed by atoms with Gasteiger partial charge in [0.15, 0.2) is 0 Å². The third-order valence-electron chi connectivity index (χ3n) is 1.74. The molecule has 0 aliphatic carbocycles. The molecule has 0 fully saturated rings. The third kappa shape index (κ3) is 1.48. The van der Waals surface area contributed by atoms with Crippen LogP contribution in [0.5, 0.6) is 0 Å². The molecule has 66 valence electrons. The summed E-state index contributed by atoms with van der Waals surface area (Å²) in [5.41, 5.74) is 0.378. The van der Waals surface area contributed by atoms with Crippen LogP contribution >= 0.6 is 31.9 Å². The van der Waals surface area contributed by atoms with Crippen LogP contribution < -0.4 is 0 Å². The minimum atomic E-state index is -0.306. The van der Waals surface area contributed by atoms with Crippen LogP contribution in [0.25, 0.3) is 10.9 Å². The van der Waals surface area contributed by atoms with Gasteiger partial charge in [0.05, 0.1) is 0 Å². The molecule has 0 bridgehead atoms. The summed E-state index contributed by atoms with van der Waals surface area (Å²) in [6.45, 7) is 0. The molecular weight excluding hydrogens is 301 g/mol. The molecule has 1 aromatic heterocycles. The predicted molar refractivity (Wildman–Crippen MR) is 57.1 cm³/mol. The summed E-state index contributed by atoms with van der Waals surface area (Å²) in [6.07, 6.45) is 1.57. The fourth-order valence-electron chi connectivity index (χ4n) is 1.16. The minimum Gasteiger partial charge on any atom is -0.253 e. The number of pyridine rings is 1. The smallest absolute Gasteiger partial charge is 0.149 e. The molecule has 0 atom stereocenters. The van der Waals surface area contributed by atoms with Crippen LogP contribution in [-0.2, 0) is 0 Å². The maximum atomic E-state index is 13.2. The molecule has 2 aromatic rings. The van der Waals surface area contributed by atoms with Crippen molar-refractivity contribution < 1.29 is 4.39 Å². The quantitative estimate of drug-likeness (QED) is 0.719. The molecule has 0 spiro atoms. The van der Waals surface area contributed by atoms with Crippen LogP contribution in [0.3, 0.4) is 0 Å². The van der Waals surface area contributed by atoms with Crippen LogP contribution in [0.2, 0.25) is 0 Å². The van der Waals surface area contributed by atoms with Crippen molar-refractivity contribution >= 4 is 42.8 Å². The minimum absolute atomic E-state index is 0.306. The molecule has 0 saturated carbocycles. The van der Waals surface area contributed by atoms with Gasteiger partial charge in [0.2, 0.25) is 0 Å². The van der Waals surface area contributed by atoms with E-state index in [0.29, 0.717) is 5.52 Å². The Labute approximate surface area is 91.2 Å². The van der Waals surface area contributed by atoms with Gasteiger partial charge in [-0.25, -0.2) is 4.39 Å². The van der Waals surface area contributed by atoms with Crippen molar-refractivity contribution in [3.05, 3.63) is 39.2 Å². The van der Waals surface area contributed by atoms with Crippen molar-refractivity contribution in [2.75, 3.05) is 0 Å². The first-order valence-corrected chi connectivity index (χ1v) is 5.17. The lowest BCUT2D eigenvalue weighted by molar-refractivity contribution is 0.636. The molecule has 0 aliphatic heterocycles. The van der Waals surface area contributed by atoms with Crippen molar-refractivity contribution in [2.45, 2.75) is 0 Å². The average molecular weight is 305 g/mol. The Bertz CT molecular complexity index is 462. The molecular formula is C9H4Br2FN. The highest BCUT2D eigenvalue weighted by Crippen LogP contribution is 2.30. The van der Waals surface area contributed by atoms with Gasteiger partial charge in [-0.05, 0) is 34.1 Å². The van der Waals surface area contributed by atoms with Crippen molar-refractivity contribution in [1.29, 1.82) is 0 Å². The SMILES string of the molecule is Fc1ccc(Br)c2c(Br)ccnc12. The van der Waals surface area contributed by atoms with Crippen LogP contribution in [0.1, 0.15) is 0 Å². The molecule has 0 saturated heterocycles. The molecule has 2 rings (SSSR count).